The SMILES string of the molecule is CCN(CC)C(=O)CN1CCN(C(=O)COc2ccc(Br)cc2F)CC1. The Balaban J connectivity index is 1.76. The van der Waals surface area contributed by atoms with E-state index in [1.165, 1.54) is 12.1 Å². The molecule has 1 heterocycles. The number of amides is 2. The van der Waals surface area contributed by atoms with Gasteiger partial charge in [0.2, 0.25) is 5.91 Å². The second-order valence-corrected chi connectivity index (χ2v) is 7.00. The number of hydrogen-bond acceptors (Lipinski definition) is 4. The minimum absolute atomic E-state index is 0.0602. The molecule has 2 amide bonds. The number of likely N-dealkylation sites (N-methyl/N-ethyl adjacent to an activating group) is 1. The van der Waals surface area contributed by atoms with Crippen LogP contribution in [0.3, 0.4) is 0 Å². The van der Waals surface area contributed by atoms with Gasteiger partial charge >= 0.3 is 0 Å². The van der Waals surface area contributed by atoms with Gasteiger partial charge in [0.05, 0.1) is 6.54 Å². The summed E-state index contributed by atoms with van der Waals surface area (Å²) in [6.07, 6.45) is 0. The summed E-state index contributed by atoms with van der Waals surface area (Å²) in [6.45, 7) is 7.89. The summed E-state index contributed by atoms with van der Waals surface area (Å²) in [5, 5.41) is 0. The van der Waals surface area contributed by atoms with E-state index >= 15 is 0 Å². The molecule has 8 heteroatoms. The fraction of sp³-hybridized carbons (Fsp3) is 0.556. The molecule has 0 radical (unpaired) electrons. The van der Waals surface area contributed by atoms with Crippen LogP contribution in [0.15, 0.2) is 22.7 Å². The Morgan fingerprint density at radius 3 is 2.42 bits per heavy atom. The number of carbonyl (C=O) groups is 2. The van der Waals surface area contributed by atoms with Crippen molar-refractivity contribution in [1.29, 1.82) is 0 Å². The lowest BCUT2D eigenvalue weighted by Gasteiger charge is -2.35. The van der Waals surface area contributed by atoms with Crippen LogP contribution in [0.25, 0.3) is 0 Å². The lowest BCUT2D eigenvalue weighted by atomic mass is 10.3. The number of benzene rings is 1. The van der Waals surface area contributed by atoms with Gasteiger partial charge in [0.25, 0.3) is 5.91 Å². The van der Waals surface area contributed by atoms with Gasteiger partial charge in [0, 0.05) is 43.7 Å². The van der Waals surface area contributed by atoms with E-state index in [4.69, 9.17) is 4.74 Å². The Morgan fingerprint density at radius 2 is 1.85 bits per heavy atom. The van der Waals surface area contributed by atoms with Crippen molar-refractivity contribution < 1.29 is 18.7 Å². The summed E-state index contributed by atoms with van der Waals surface area (Å²) in [5.74, 6) is -0.511. The highest BCUT2D eigenvalue weighted by Gasteiger charge is 2.24. The quantitative estimate of drug-likeness (QED) is 0.664. The van der Waals surface area contributed by atoms with Crippen molar-refractivity contribution in [3.8, 4) is 5.75 Å². The third kappa shape index (κ3) is 5.67. The van der Waals surface area contributed by atoms with Crippen LogP contribution in [0.5, 0.6) is 5.75 Å². The van der Waals surface area contributed by atoms with E-state index in [1.807, 2.05) is 13.8 Å². The van der Waals surface area contributed by atoms with E-state index in [2.05, 4.69) is 20.8 Å². The number of piperazine rings is 1. The van der Waals surface area contributed by atoms with Crippen LogP contribution in [-0.4, -0.2) is 78.9 Å². The minimum Gasteiger partial charge on any atom is -0.481 e. The standard InChI is InChI=1S/C18H25BrFN3O3/c1-3-22(4-2)17(24)12-21-7-9-23(10-8-21)18(25)13-26-16-6-5-14(19)11-15(16)20/h5-6,11H,3-4,7-10,12-13H2,1-2H3. The second-order valence-electron chi connectivity index (χ2n) is 6.09. The first kappa shape index (κ1) is 20.6. The number of rotatable bonds is 7. The number of hydrogen-bond donors (Lipinski definition) is 0. The Kier molecular flexibility index (Phi) is 7.84. The van der Waals surface area contributed by atoms with Crippen LogP contribution in [0.4, 0.5) is 4.39 Å². The van der Waals surface area contributed by atoms with Crippen molar-refractivity contribution in [2.45, 2.75) is 13.8 Å². The Bertz CT molecular complexity index is 632. The van der Waals surface area contributed by atoms with Crippen molar-refractivity contribution in [3.05, 3.63) is 28.5 Å². The topological polar surface area (TPSA) is 53.1 Å². The Labute approximate surface area is 162 Å². The normalized spacial score (nSPS) is 15.0. The average molecular weight is 430 g/mol. The van der Waals surface area contributed by atoms with E-state index in [9.17, 15) is 14.0 Å². The molecule has 1 aromatic carbocycles. The van der Waals surface area contributed by atoms with Gasteiger partial charge in [-0.05, 0) is 32.0 Å². The van der Waals surface area contributed by atoms with Crippen LogP contribution >= 0.6 is 15.9 Å². The maximum atomic E-state index is 13.7. The van der Waals surface area contributed by atoms with Crippen molar-refractivity contribution in [2.75, 3.05) is 52.4 Å². The molecule has 144 valence electrons. The molecule has 2 rings (SSSR count). The van der Waals surface area contributed by atoms with Gasteiger partial charge in [-0.3, -0.25) is 14.5 Å². The lowest BCUT2D eigenvalue weighted by molar-refractivity contribution is -0.136. The first-order chi connectivity index (χ1) is 12.4. The maximum absolute atomic E-state index is 13.7. The lowest BCUT2D eigenvalue weighted by Crippen LogP contribution is -2.52. The molecule has 0 atom stereocenters. The number of halogens is 2. The number of carbonyl (C=O) groups excluding carboxylic acids is 2. The van der Waals surface area contributed by atoms with Crippen molar-refractivity contribution in [3.63, 3.8) is 0 Å². The zero-order valence-corrected chi connectivity index (χ0v) is 16.8. The summed E-state index contributed by atoms with van der Waals surface area (Å²) in [6, 6.07) is 4.45. The summed E-state index contributed by atoms with van der Waals surface area (Å²) >= 11 is 3.18. The molecule has 1 saturated heterocycles. The van der Waals surface area contributed by atoms with Crippen molar-refractivity contribution in [2.24, 2.45) is 0 Å². The summed E-state index contributed by atoms with van der Waals surface area (Å²) in [5.41, 5.74) is 0. The zero-order valence-electron chi connectivity index (χ0n) is 15.2. The van der Waals surface area contributed by atoms with Gasteiger partial charge < -0.3 is 14.5 Å². The van der Waals surface area contributed by atoms with E-state index in [0.717, 1.165) is 0 Å². The monoisotopic (exact) mass is 429 g/mol. The van der Waals surface area contributed by atoms with E-state index in [0.29, 0.717) is 50.3 Å². The van der Waals surface area contributed by atoms with Crippen LogP contribution in [-0.2, 0) is 9.59 Å². The smallest absolute Gasteiger partial charge is 0.260 e. The second kappa shape index (κ2) is 9.87. The number of ether oxygens (including phenoxy) is 1. The van der Waals surface area contributed by atoms with Crippen LogP contribution in [0, 0.1) is 5.82 Å². The summed E-state index contributed by atoms with van der Waals surface area (Å²) in [4.78, 5) is 30.0. The van der Waals surface area contributed by atoms with Crippen LogP contribution in [0.2, 0.25) is 0 Å². The highest BCUT2D eigenvalue weighted by atomic mass is 79.9. The molecule has 0 saturated carbocycles. The molecule has 0 N–H and O–H groups in total. The molecular formula is C18H25BrFN3O3. The van der Waals surface area contributed by atoms with Gasteiger partial charge in [-0.15, -0.1) is 0 Å². The fourth-order valence-electron chi connectivity index (χ4n) is 2.85. The van der Waals surface area contributed by atoms with Crippen LogP contribution < -0.4 is 4.74 Å². The number of nitrogens with zero attached hydrogens (tertiary/aromatic N) is 3. The van der Waals surface area contributed by atoms with E-state index < -0.39 is 5.82 Å². The predicted octanol–water partition coefficient (Wildman–Crippen LogP) is 1.98. The highest BCUT2D eigenvalue weighted by molar-refractivity contribution is 9.10. The van der Waals surface area contributed by atoms with Gasteiger partial charge in [0.1, 0.15) is 0 Å². The molecule has 26 heavy (non-hydrogen) atoms. The maximum Gasteiger partial charge on any atom is 0.260 e. The molecule has 6 nitrogen and oxygen atoms in total. The Morgan fingerprint density at radius 1 is 1.19 bits per heavy atom. The molecule has 1 aliphatic rings. The molecule has 0 unspecified atom stereocenters. The van der Waals surface area contributed by atoms with Gasteiger partial charge in [-0.1, -0.05) is 15.9 Å². The molecule has 1 aromatic rings. The summed E-state index contributed by atoms with van der Waals surface area (Å²) < 4.78 is 19.6. The molecule has 0 spiro atoms. The first-order valence-electron chi connectivity index (χ1n) is 8.80. The van der Waals surface area contributed by atoms with Crippen LogP contribution in [0.1, 0.15) is 13.8 Å². The fourth-order valence-corrected chi connectivity index (χ4v) is 3.18. The molecule has 0 bridgehead atoms. The van der Waals surface area contributed by atoms with Crippen molar-refractivity contribution in [1.82, 2.24) is 14.7 Å². The van der Waals surface area contributed by atoms with Gasteiger partial charge in [0.15, 0.2) is 18.2 Å². The van der Waals surface area contributed by atoms with Gasteiger partial charge in [-0.2, -0.15) is 0 Å². The third-order valence-corrected chi connectivity index (χ3v) is 4.94. The molecular weight excluding hydrogens is 405 g/mol. The average Bonchev–Trinajstić information content (AvgIpc) is 2.62. The molecule has 1 fully saturated rings. The molecule has 1 aliphatic heterocycles. The van der Waals surface area contributed by atoms with Gasteiger partial charge in [-0.25, -0.2) is 4.39 Å². The highest BCUT2D eigenvalue weighted by Crippen LogP contribution is 2.21. The van der Waals surface area contributed by atoms with Crippen molar-refractivity contribution >= 4 is 27.7 Å². The minimum atomic E-state index is -0.507. The largest absolute Gasteiger partial charge is 0.481 e. The van der Waals surface area contributed by atoms with E-state index in [-0.39, 0.29) is 24.2 Å². The summed E-state index contributed by atoms with van der Waals surface area (Å²) in [7, 11) is 0. The third-order valence-electron chi connectivity index (χ3n) is 4.45. The molecule has 0 aliphatic carbocycles. The Hall–Kier alpha value is -1.67. The first-order valence-corrected chi connectivity index (χ1v) is 9.59. The predicted molar refractivity (Wildman–Crippen MR) is 101 cm³/mol. The molecule has 0 aromatic heterocycles. The zero-order chi connectivity index (χ0) is 19.1. The van der Waals surface area contributed by atoms with E-state index in [1.54, 1.807) is 15.9 Å².